The normalized spacial score (nSPS) is 20.0. The SMILES string of the molecule is CC1(c2ccccc2Br)NC(=O)N(CC(=O)NCc2ccc3c(c2)OCO3)C1=O. The lowest BCUT2D eigenvalue weighted by molar-refractivity contribution is -0.134. The van der Waals surface area contributed by atoms with Crippen molar-refractivity contribution in [3.8, 4) is 11.5 Å². The Kier molecular flexibility index (Phi) is 4.91. The van der Waals surface area contributed by atoms with Gasteiger partial charge in [-0.05, 0) is 30.7 Å². The minimum atomic E-state index is -1.24. The molecule has 2 aromatic carbocycles. The largest absolute Gasteiger partial charge is 0.454 e. The highest BCUT2D eigenvalue weighted by Crippen LogP contribution is 2.34. The number of ether oxygens (including phenoxy) is 2. The molecule has 2 N–H and O–H groups in total. The number of carbonyl (C=O) groups excluding carboxylic acids is 3. The Morgan fingerprint density at radius 1 is 1.21 bits per heavy atom. The monoisotopic (exact) mass is 459 g/mol. The minimum absolute atomic E-state index is 0.174. The third kappa shape index (κ3) is 3.53. The summed E-state index contributed by atoms with van der Waals surface area (Å²) >= 11 is 3.41. The Hall–Kier alpha value is -3.07. The molecule has 0 aromatic heterocycles. The van der Waals surface area contributed by atoms with Crippen molar-refractivity contribution in [3.05, 3.63) is 58.1 Å². The van der Waals surface area contributed by atoms with E-state index in [1.54, 1.807) is 37.3 Å². The summed E-state index contributed by atoms with van der Waals surface area (Å²) in [7, 11) is 0. The molecule has 8 nitrogen and oxygen atoms in total. The Morgan fingerprint density at radius 2 is 1.97 bits per heavy atom. The highest BCUT2D eigenvalue weighted by Gasteiger charge is 2.50. The molecule has 4 amide bonds. The van der Waals surface area contributed by atoms with Crippen LogP contribution in [0.15, 0.2) is 46.9 Å². The highest BCUT2D eigenvalue weighted by atomic mass is 79.9. The highest BCUT2D eigenvalue weighted by molar-refractivity contribution is 9.10. The second kappa shape index (κ2) is 7.40. The molecule has 0 spiro atoms. The average molecular weight is 460 g/mol. The molecule has 2 aliphatic heterocycles. The van der Waals surface area contributed by atoms with Crippen LogP contribution in [0.1, 0.15) is 18.1 Å². The van der Waals surface area contributed by atoms with Gasteiger partial charge in [0.05, 0.1) is 0 Å². The van der Waals surface area contributed by atoms with Crippen LogP contribution in [0.4, 0.5) is 4.79 Å². The first-order valence-electron chi connectivity index (χ1n) is 8.93. The number of imide groups is 1. The van der Waals surface area contributed by atoms with Gasteiger partial charge in [-0.3, -0.25) is 14.5 Å². The van der Waals surface area contributed by atoms with Crippen LogP contribution in [0, 0.1) is 0 Å². The summed E-state index contributed by atoms with van der Waals surface area (Å²) < 4.78 is 11.3. The number of urea groups is 1. The average Bonchev–Trinajstić information content (AvgIpc) is 3.25. The number of nitrogens with one attached hydrogen (secondary N) is 2. The van der Waals surface area contributed by atoms with Crippen molar-refractivity contribution in [1.29, 1.82) is 0 Å². The summed E-state index contributed by atoms with van der Waals surface area (Å²) in [5, 5.41) is 5.41. The molecule has 1 atom stereocenters. The molecular weight excluding hydrogens is 442 g/mol. The van der Waals surface area contributed by atoms with E-state index in [2.05, 4.69) is 26.6 Å². The number of hydrogen-bond donors (Lipinski definition) is 2. The minimum Gasteiger partial charge on any atom is -0.454 e. The summed E-state index contributed by atoms with van der Waals surface area (Å²) in [4.78, 5) is 38.6. The van der Waals surface area contributed by atoms with Gasteiger partial charge < -0.3 is 20.1 Å². The third-order valence-corrected chi connectivity index (χ3v) is 5.61. The standard InChI is InChI=1S/C20H18BrN3O5/c1-20(13-4-2-3-5-14(13)21)18(26)24(19(27)23-20)10-17(25)22-9-12-6-7-15-16(8-12)29-11-28-15/h2-8H,9-11H2,1H3,(H,22,25)(H,23,27). The molecule has 2 aliphatic rings. The lowest BCUT2D eigenvalue weighted by Gasteiger charge is -2.23. The maximum absolute atomic E-state index is 12.9. The van der Waals surface area contributed by atoms with Crippen molar-refractivity contribution in [2.75, 3.05) is 13.3 Å². The zero-order valence-corrected chi connectivity index (χ0v) is 17.1. The molecule has 0 saturated carbocycles. The Labute approximate surface area is 175 Å². The van der Waals surface area contributed by atoms with E-state index in [1.807, 2.05) is 12.1 Å². The molecule has 0 bridgehead atoms. The van der Waals surface area contributed by atoms with Crippen molar-refractivity contribution in [2.24, 2.45) is 0 Å². The number of amides is 4. The van der Waals surface area contributed by atoms with Gasteiger partial charge in [-0.2, -0.15) is 0 Å². The number of nitrogens with zero attached hydrogens (tertiary/aromatic N) is 1. The number of hydrogen-bond acceptors (Lipinski definition) is 5. The van der Waals surface area contributed by atoms with Gasteiger partial charge in [0.1, 0.15) is 12.1 Å². The van der Waals surface area contributed by atoms with Gasteiger partial charge in [0, 0.05) is 16.6 Å². The number of rotatable bonds is 5. The van der Waals surface area contributed by atoms with Crippen LogP contribution in [0.25, 0.3) is 0 Å². The van der Waals surface area contributed by atoms with Crippen LogP contribution < -0.4 is 20.1 Å². The van der Waals surface area contributed by atoms with Crippen molar-refractivity contribution < 1.29 is 23.9 Å². The van der Waals surface area contributed by atoms with E-state index in [1.165, 1.54) is 0 Å². The van der Waals surface area contributed by atoms with Crippen molar-refractivity contribution >= 4 is 33.8 Å². The third-order valence-electron chi connectivity index (χ3n) is 4.92. The van der Waals surface area contributed by atoms with E-state index in [9.17, 15) is 14.4 Å². The first-order chi connectivity index (χ1) is 13.9. The molecule has 150 valence electrons. The summed E-state index contributed by atoms with van der Waals surface area (Å²) in [6.45, 7) is 1.67. The lowest BCUT2D eigenvalue weighted by Crippen LogP contribution is -2.43. The van der Waals surface area contributed by atoms with E-state index in [-0.39, 0.29) is 19.9 Å². The molecule has 9 heteroatoms. The van der Waals surface area contributed by atoms with Crippen molar-refractivity contribution in [3.63, 3.8) is 0 Å². The van der Waals surface area contributed by atoms with Crippen LogP contribution in [0.2, 0.25) is 0 Å². The maximum atomic E-state index is 12.9. The molecule has 2 heterocycles. The predicted octanol–water partition coefficient (Wildman–Crippen LogP) is 2.26. The van der Waals surface area contributed by atoms with Crippen LogP contribution >= 0.6 is 15.9 Å². The van der Waals surface area contributed by atoms with Gasteiger partial charge in [0.25, 0.3) is 5.91 Å². The smallest absolute Gasteiger partial charge is 0.325 e. The zero-order valence-electron chi connectivity index (χ0n) is 15.5. The van der Waals surface area contributed by atoms with Gasteiger partial charge in [0.2, 0.25) is 12.7 Å². The number of halogens is 1. The maximum Gasteiger partial charge on any atom is 0.325 e. The number of benzene rings is 2. The molecular formula is C20H18BrN3O5. The van der Waals surface area contributed by atoms with E-state index in [0.29, 0.717) is 21.5 Å². The fraction of sp³-hybridized carbons (Fsp3) is 0.250. The Balaban J connectivity index is 1.41. The second-order valence-corrected chi connectivity index (χ2v) is 7.74. The van der Waals surface area contributed by atoms with Crippen LogP contribution in [-0.2, 0) is 21.7 Å². The summed E-state index contributed by atoms with van der Waals surface area (Å²) in [6.07, 6.45) is 0. The molecule has 0 radical (unpaired) electrons. The number of carbonyl (C=O) groups is 3. The first-order valence-corrected chi connectivity index (χ1v) is 9.72. The van der Waals surface area contributed by atoms with Crippen molar-refractivity contribution in [2.45, 2.75) is 19.0 Å². The zero-order chi connectivity index (χ0) is 20.6. The molecule has 1 fully saturated rings. The van der Waals surface area contributed by atoms with Gasteiger partial charge >= 0.3 is 6.03 Å². The fourth-order valence-electron chi connectivity index (χ4n) is 3.34. The van der Waals surface area contributed by atoms with E-state index in [0.717, 1.165) is 10.5 Å². The van der Waals surface area contributed by atoms with Crippen LogP contribution in [0.5, 0.6) is 11.5 Å². The quantitative estimate of drug-likeness (QED) is 0.668. The molecule has 1 saturated heterocycles. The second-order valence-electron chi connectivity index (χ2n) is 6.89. The van der Waals surface area contributed by atoms with Crippen LogP contribution in [-0.4, -0.2) is 36.1 Å². The topological polar surface area (TPSA) is 97.0 Å². The molecule has 2 aromatic rings. The fourth-order valence-corrected chi connectivity index (χ4v) is 4.02. The molecule has 29 heavy (non-hydrogen) atoms. The van der Waals surface area contributed by atoms with Crippen LogP contribution in [0.3, 0.4) is 0 Å². The van der Waals surface area contributed by atoms with E-state index >= 15 is 0 Å². The van der Waals surface area contributed by atoms with E-state index < -0.39 is 23.4 Å². The molecule has 0 aliphatic carbocycles. The van der Waals surface area contributed by atoms with Gasteiger partial charge in [0.15, 0.2) is 11.5 Å². The lowest BCUT2D eigenvalue weighted by atomic mass is 9.92. The molecule has 1 unspecified atom stereocenters. The first kappa shape index (κ1) is 19.3. The summed E-state index contributed by atoms with van der Waals surface area (Å²) in [6, 6.07) is 11.9. The predicted molar refractivity (Wildman–Crippen MR) is 106 cm³/mol. The van der Waals surface area contributed by atoms with E-state index in [4.69, 9.17) is 9.47 Å². The molecule has 4 rings (SSSR count). The van der Waals surface area contributed by atoms with Gasteiger partial charge in [-0.25, -0.2) is 4.79 Å². The van der Waals surface area contributed by atoms with Crippen molar-refractivity contribution in [1.82, 2.24) is 15.5 Å². The summed E-state index contributed by atoms with van der Waals surface area (Å²) in [5.41, 5.74) is 0.203. The Bertz CT molecular complexity index is 1010. The van der Waals surface area contributed by atoms with Gasteiger partial charge in [-0.1, -0.05) is 40.2 Å². The number of fused-ring (bicyclic) bond motifs is 1. The Morgan fingerprint density at radius 3 is 2.76 bits per heavy atom. The van der Waals surface area contributed by atoms with Gasteiger partial charge in [-0.15, -0.1) is 0 Å². The summed E-state index contributed by atoms with van der Waals surface area (Å²) in [5.74, 6) is 0.357.